The number of benzene rings is 2. The molecule has 0 bridgehead atoms. The number of hydrogen-bond acceptors (Lipinski definition) is 2. The number of hydrogen-bond donors (Lipinski definition) is 0. The summed E-state index contributed by atoms with van der Waals surface area (Å²) >= 11 is 7.46. The molecule has 0 radical (unpaired) electrons. The summed E-state index contributed by atoms with van der Waals surface area (Å²) in [6, 6.07) is 17.4. The van der Waals surface area contributed by atoms with Gasteiger partial charge in [-0.05, 0) is 30.3 Å². The van der Waals surface area contributed by atoms with Crippen molar-refractivity contribution in [2.75, 3.05) is 0 Å². The first-order chi connectivity index (χ1) is 7.79. The maximum absolute atomic E-state index is 8.98. The van der Waals surface area contributed by atoms with Crippen molar-refractivity contribution in [1.29, 1.82) is 5.26 Å². The van der Waals surface area contributed by atoms with E-state index in [4.69, 9.17) is 16.9 Å². The van der Waals surface area contributed by atoms with Crippen molar-refractivity contribution in [1.82, 2.24) is 0 Å². The van der Waals surface area contributed by atoms with Gasteiger partial charge in [-0.1, -0.05) is 41.6 Å². The quantitative estimate of drug-likeness (QED) is 0.785. The first-order valence-corrected chi connectivity index (χ1v) is 5.91. The second-order valence-corrected chi connectivity index (χ2v) is 4.72. The van der Waals surface area contributed by atoms with Crippen molar-refractivity contribution in [3.63, 3.8) is 0 Å². The fourth-order valence-corrected chi connectivity index (χ4v) is 2.48. The Morgan fingerprint density at radius 1 is 1.06 bits per heavy atom. The molecule has 0 saturated carbocycles. The summed E-state index contributed by atoms with van der Waals surface area (Å²) in [6.45, 7) is 0. The summed E-state index contributed by atoms with van der Waals surface area (Å²) in [5.41, 5.74) is 0.651. The Morgan fingerprint density at radius 3 is 2.50 bits per heavy atom. The molecule has 2 aromatic rings. The summed E-state index contributed by atoms with van der Waals surface area (Å²) < 4.78 is 0. The maximum Gasteiger partial charge on any atom is 0.100 e. The Hall–Kier alpha value is -1.43. The van der Waals surface area contributed by atoms with Gasteiger partial charge in [-0.2, -0.15) is 5.26 Å². The van der Waals surface area contributed by atoms with Crippen LogP contribution >= 0.6 is 23.4 Å². The third-order valence-electron chi connectivity index (χ3n) is 2.04. The molecule has 0 unspecified atom stereocenters. The van der Waals surface area contributed by atoms with Crippen LogP contribution in [0.25, 0.3) is 0 Å². The second kappa shape index (κ2) is 5.07. The average molecular weight is 246 g/mol. The molecule has 0 fully saturated rings. The number of nitrogens with zero attached hydrogens (tertiary/aromatic N) is 1. The standard InChI is InChI=1S/C13H8ClNS/c14-11-7-6-10(9-15)13(8-11)16-12-4-2-1-3-5-12/h1-8H. The van der Waals surface area contributed by atoms with Crippen molar-refractivity contribution in [2.24, 2.45) is 0 Å². The van der Waals surface area contributed by atoms with E-state index in [1.165, 1.54) is 0 Å². The van der Waals surface area contributed by atoms with E-state index >= 15 is 0 Å². The zero-order chi connectivity index (χ0) is 11.4. The van der Waals surface area contributed by atoms with Crippen LogP contribution in [0, 0.1) is 11.3 Å². The van der Waals surface area contributed by atoms with Crippen LogP contribution in [0.4, 0.5) is 0 Å². The normalized spacial score (nSPS) is 9.75. The van der Waals surface area contributed by atoms with Gasteiger partial charge in [-0.15, -0.1) is 0 Å². The number of nitriles is 1. The monoisotopic (exact) mass is 245 g/mol. The predicted molar refractivity (Wildman–Crippen MR) is 66.7 cm³/mol. The highest BCUT2D eigenvalue weighted by atomic mass is 35.5. The average Bonchev–Trinajstić information content (AvgIpc) is 2.31. The first-order valence-electron chi connectivity index (χ1n) is 4.72. The van der Waals surface area contributed by atoms with Crippen LogP contribution in [0.2, 0.25) is 5.02 Å². The minimum absolute atomic E-state index is 0.650. The SMILES string of the molecule is N#Cc1ccc(Cl)cc1Sc1ccccc1. The van der Waals surface area contributed by atoms with Crippen LogP contribution in [-0.2, 0) is 0 Å². The van der Waals surface area contributed by atoms with Gasteiger partial charge in [0.15, 0.2) is 0 Å². The van der Waals surface area contributed by atoms with E-state index in [9.17, 15) is 0 Å². The van der Waals surface area contributed by atoms with Crippen molar-refractivity contribution < 1.29 is 0 Å². The largest absolute Gasteiger partial charge is 0.192 e. The van der Waals surface area contributed by atoms with Crippen LogP contribution in [-0.4, -0.2) is 0 Å². The van der Waals surface area contributed by atoms with Gasteiger partial charge in [0.1, 0.15) is 6.07 Å². The second-order valence-electron chi connectivity index (χ2n) is 3.17. The molecule has 0 N–H and O–H groups in total. The van der Waals surface area contributed by atoms with Crippen LogP contribution in [0.15, 0.2) is 58.3 Å². The van der Waals surface area contributed by atoms with Crippen molar-refractivity contribution >= 4 is 23.4 Å². The summed E-state index contributed by atoms with van der Waals surface area (Å²) in [6.07, 6.45) is 0. The zero-order valence-corrected chi connectivity index (χ0v) is 9.92. The van der Waals surface area contributed by atoms with E-state index in [0.29, 0.717) is 10.6 Å². The van der Waals surface area contributed by atoms with E-state index in [1.807, 2.05) is 36.4 Å². The van der Waals surface area contributed by atoms with Gasteiger partial charge >= 0.3 is 0 Å². The molecular formula is C13H8ClNS. The van der Waals surface area contributed by atoms with Crippen molar-refractivity contribution in [3.05, 3.63) is 59.1 Å². The molecular weight excluding hydrogens is 238 g/mol. The Bertz CT molecular complexity index is 531. The lowest BCUT2D eigenvalue weighted by Crippen LogP contribution is -1.81. The molecule has 1 nitrogen and oxygen atoms in total. The van der Waals surface area contributed by atoms with Gasteiger partial charge in [0.2, 0.25) is 0 Å². The summed E-state index contributed by atoms with van der Waals surface area (Å²) in [5.74, 6) is 0. The van der Waals surface area contributed by atoms with Gasteiger partial charge < -0.3 is 0 Å². The third-order valence-corrected chi connectivity index (χ3v) is 3.34. The Labute approximate surface area is 104 Å². The van der Waals surface area contributed by atoms with Crippen molar-refractivity contribution in [3.8, 4) is 6.07 Å². The van der Waals surface area contributed by atoms with Crippen molar-refractivity contribution in [2.45, 2.75) is 9.79 Å². The highest BCUT2D eigenvalue weighted by molar-refractivity contribution is 7.99. The van der Waals surface area contributed by atoms with Gasteiger partial charge in [-0.25, -0.2) is 0 Å². The molecule has 16 heavy (non-hydrogen) atoms. The Morgan fingerprint density at radius 2 is 1.81 bits per heavy atom. The Balaban J connectivity index is 2.35. The van der Waals surface area contributed by atoms with E-state index in [1.54, 1.807) is 23.9 Å². The molecule has 0 amide bonds. The minimum atomic E-state index is 0.650. The number of rotatable bonds is 2. The fraction of sp³-hybridized carbons (Fsp3) is 0. The highest BCUT2D eigenvalue weighted by Gasteiger charge is 2.04. The third kappa shape index (κ3) is 2.57. The molecule has 3 heteroatoms. The molecule has 0 spiro atoms. The Kier molecular flexibility index (Phi) is 3.51. The van der Waals surface area contributed by atoms with E-state index in [0.717, 1.165) is 9.79 Å². The van der Waals surface area contributed by atoms with Crippen LogP contribution in [0.3, 0.4) is 0 Å². The van der Waals surface area contributed by atoms with Gasteiger partial charge in [0.05, 0.1) is 5.56 Å². The highest BCUT2D eigenvalue weighted by Crippen LogP contribution is 2.31. The van der Waals surface area contributed by atoms with E-state index in [2.05, 4.69) is 6.07 Å². The van der Waals surface area contributed by atoms with Gasteiger partial charge in [-0.3, -0.25) is 0 Å². The molecule has 0 atom stereocenters. The van der Waals surface area contributed by atoms with Gasteiger partial charge in [0, 0.05) is 14.8 Å². The van der Waals surface area contributed by atoms with Crippen LogP contribution in [0.1, 0.15) is 5.56 Å². The summed E-state index contributed by atoms with van der Waals surface area (Å²) in [5, 5.41) is 9.63. The minimum Gasteiger partial charge on any atom is -0.192 e. The molecule has 78 valence electrons. The van der Waals surface area contributed by atoms with Crippen LogP contribution in [0.5, 0.6) is 0 Å². The molecule has 0 aliphatic carbocycles. The molecule has 0 saturated heterocycles. The molecule has 0 aliphatic heterocycles. The number of halogens is 1. The summed E-state index contributed by atoms with van der Waals surface area (Å²) in [7, 11) is 0. The lowest BCUT2D eigenvalue weighted by molar-refractivity contribution is 1.35. The topological polar surface area (TPSA) is 23.8 Å². The van der Waals surface area contributed by atoms with E-state index in [-0.39, 0.29) is 0 Å². The zero-order valence-electron chi connectivity index (χ0n) is 8.35. The lowest BCUT2D eigenvalue weighted by atomic mass is 10.2. The maximum atomic E-state index is 8.98. The van der Waals surface area contributed by atoms with Crippen LogP contribution < -0.4 is 0 Å². The predicted octanol–water partition coefficient (Wildman–Crippen LogP) is 4.36. The fourth-order valence-electron chi connectivity index (χ4n) is 1.29. The smallest absolute Gasteiger partial charge is 0.100 e. The van der Waals surface area contributed by atoms with Gasteiger partial charge in [0.25, 0.3) is 0 Å². The molecule has 2 aromatic carbocycles. The van der Waals surface area contributed by atoms with E-state index < -0.39 is 0 Å². The lowest BCUT2D eigenvalue weighted by Gasteiger charge is -2.03. The summed E-state index contributed by atoms with van der Waals surface area (Å²) in [4.78, 5) is 1.99. The molecule has 2 rings (SSSR count). The molecule has 0 heterocycles. The molecule has 0 aliphatic rings. The molecule has 0 aromatic heterocycles. The first kappa shape index (κ1) is 11.1.